The van der Waals surface area contributed by atoms with Crippen LogP contribution in [-0.2, 0) is 0 Å². The Labute approximate surface area is 327 Å². The van der Waals surface area contributed by atoms with Crippen LogP contribution in [-0.4, -0.2) is 9.97 Å². The van der Waals surface area contributed by atoms with Crippen molar-refractivity contribution in [1.29, 1.82) is 0 Å². The summed E-state index contributed by atoms with van der Waals surface area (Å²) in [7, 11) is 0. The van der Waals surface area contributed by atoms with Crippen molar-refractivity contribution in [2.75, 3.05) is 0 Å². The molecule has 236 valence electrons. The van der Waals surface area contributed by atoms with E-state index >= 15 is 0 Å². The number of pyridine rings is 2. The number of rotatable bonds is 4. The van der Waals surface area contributed by atoms with E-state index in [4.69, 9.17) is 20.6 Å². The summed E-state index contributed by atoms with van der Waals surface area (Å²) in [4.78, 5) is 10.3. The van der Waals surface area contributed by atoms with Gasteiger partial charge in [0.1, 0.15) is 0 Å². The molecule has 0 saturated heterocycles. The summed E-state index contributed by atoms with van der Waals surface area (Å²) in [5.74, 6) is 0. The van der Waals surface area contributed by atoms with Crippen LogP contribution in [0.5, 0.6) is 0 Å². The molecule has 2 aliphatic heterocycles. The molecule has 0 amide bonds. The van der Waals surface area contributed by atoms with E-state index in [-0.39, 0.29) is 49.8 Å². The van der Waals surface area contributed by atoms with E-state index < -0.39 is 0 Å². The largest absolute Gasteiger partial charge is 1.00 e. The van der Waals surface area contributed by atoms with Gasteiger partial charge in [-0.1, -0.05) is 181 Å². The maximum absolute atomic E-state index is 5.37. The minimum Gasteiger partial charge on any atom is -0.673 e. The Morgan fingerprint density at radius 3 is 1.56 bits per heavy atom. The second-order valence-corrected chi connectivity index (χ2v) is 13.0. The minimum absolute atomic E-state index is 0. The number of nitrogens with zero attached hydrogens (tertiary/aromatic N) is 4. The predicted molar refractivity (Wildman–Crippen MR) is 208 cm³/mol. The van der Waals surface area contributed by atoms with Gasteiger partial charge in [0.25, 0.3) is 0 Å². The molecule has 2 unspecified atom stereocenters. The molecule has 0 saturated carbocycles. The van der Waals surface area contributed by atoms with E-state index in [0.29, 0.717) is 0 Å². The zero-order valence-corrected chi connectivity index (χ0v) is 29.1. The summed E-state index contributed by atoms with van der Waals surface area (Å²) in [6, 6.07) is 50.7. The van der Waals surface area contributed by atoms with Gasteiger partial charge in [0.15, 0.2) is 0 Å². The first-order chi connectivity index (χ1) is 24.7. The molecule has 4 nitrogen and oxygen atoms in total. The van der Waals surface area contributed by atoms with Gasteiger partial charge in [-0.25, -0.2) is 9.97 Å². The molecule has 0 aliphatic carbocycles. The quantitative estimate of drug-likeness (QED) is 0.196. The van der Waals surface area contributed by atoms with E-state index in [1.54, 1.807) is 0 Å². The maximum atomic E-state index is 5.37. The third kappa shape index (κ3) is 5.95. The Bertz CT molecular complexity index is 2670. The third-order valence-electron chi connectivity index (χ3n) is 9.93. The second kappa shape index (κ2) is 14.0. The van der Waals surface area contributed by atoms with Crippen LogP contribution >= 0.6 is 0 Å². The SMILES string of the molecule is C1=CC(c2ccc3cccc(C4C=Cc5ccc6ccc(-c7ccccc7)nc6c5[N-]4)c3c2)[N-]c2c1ccc1ccc(-c3ccccc3)nc21.[Li+].[Li+]. The van der Waals surface area contributed by atoms with Crippen molar-refractivity contribution < 1.29 is 37.7 Å². The first-order valence-electron chi connectivity index (χ1n) is 17.0. The predicted octanol–water partition coefficient (Wildman–Crippen LogP) is 6.82. The van der Waals surface area contributed by atoms with Crippen LogP contribution in [0.2, 0.25) is 0 Å². The molecule has 0 bridgehead atoms. The monoisotopic (exact) mass is 652 g/mol. The smallest absolute Gasteiger partial charge is 0.673 e. The molecule has 4 heterocycles. The first kappa shape index (κ1) is 33.8. The van der Waals surface area contributed by atoms with Crippen LogP contribution in [0.4, 0.5) is 11.4 Å². The van der Waals surface area contributed by atoms with Crippen LogP contribution in [0.3, 0.4) is 0 Å². The van der Waals surface area contributed by atoms with Gasteiger partial charge in [-0.2, -0.15) is 0 Å². The Morgan fingerprint density at radius 2 is 0.962 bits per heavy atom. The zero-order chi connectivity index (χ0) is 33.0. The number of aromatic nitrogens is 2. The summed E-state index contributed by atoms with van der Waals surface area (Å²) >= 11 is 0. The molecule has 0 radical (unpaired) electrons. The molecule has 8 aromatic rings. The van der Waals surface area contributed by atoms with Crippen LogP contribution in [0.1, 0.15) is 34.3 Å². The van der Waals surface area contributed by atoms with Crippen molar-refractivity contribution in [2.45, 2.75) is 12.1 Å². The Kier molecular flexibility index (Phi) is 9.10. The summed E-state index contributed by atoms with van der Waals surface area (Å²) in [6.45, 7) is 0. The Hall–Kier alpha value is -5.33. The molecule has 2 aliphatic rings. The Balaban J connectivity index is 0.00000193. The normalized spacial score (nSPS) is 15.5. The van der Waals surface area contributed by atoms with E-state index in [1.807, 2.05) is 12.1 Å². The molecule has 0 N–H and O–H groups in total. The summed E-state index contributed by atoms with van der Waals surface area (Å²) in [5, 5.41) is 15.2. The number of hydrogen-bond acceptors (Lipinski definition) is 2. The van der Waals surface area contributed by atoms with E-state index in [1.165, 1.54) is 16.3 Å². The van der Waals surface area contributed by atoms with Gasteiger partial charge in [0.2, 0.25) is 0 Å². The van der Waals surface area contributed by atoms with Gasteiger partial charge in [0, 0.05) is 11.1 Å². The van der Waals surface area contributed by atoms with Crippen molar-refractivity contribution >= 4 is 56.1 Å². The van der Waals surface area contributed by atoms with Crippen molar-refractivity contribution in [1.82, 2.24) is 9.97 Å². The van der Waals surface area contributed by atoms with Gasteiger partial charge in [-0.15, -0.1) is 11.4 Å². The molecule has 2 atom stereocenters. The molecule has 10 rings (SSSR count). The number of fused-ring (bicyclic) bond motifs is 7. The topological polar surface area (TPSA) is 54.0 Å². The van der Waals surface area contributed by atoms with E-state index in [0.717, 1.165) is 72.4 Å². The maximum Gasteiger partial charge on any atom is 1.00 e. The van der Waals surface area contributed by atoms with Crippen LogP contribution in [0.15, 0.2) is 158 Å². The van der Waals surface area contributed by atoms with E-state index in [2.05, 4.69) is 158 Å². The molecule has 0 fully saturated rings. The van der Waals surface area contributed by atoms with Gasteiger partial charge >= 0.3 is 37.7 Å². The van der Waals surface area contributed by atoms with Crippen LogP contribution in [0.25, 0.3) is 77.9 Å². The average Bonchev–Trinajstić information content (AvgIpc) is 3.20. The van der Waals surface area contributed by atoms with Crippen molar-refractivity contribution in [3.8, 4) is 22.5 Å². The van der Waals surface area contributed by atoms with E-state index in [9.17, 15) is 0 Å². The van der Waals surface area contributed by atoms with Gasteiger partial charge < -0.3 is 10.6 Å². The van der Waals surface area contributed by atoms with Gasteiger partial charge in [-0.3, -0.25) is 0 Å². The minimum atomic E-state index is -0.140. The molecule has 6 aromatic carbocycles. The summed E-state index contributed by atoms with van der Waals surface area (Å²) < 4.78 is 0. The molecule has 52 heavy (non-hydrogen) atoms. The molecular formula is C46H30Li2N4. The Morgan fingerprint density at radius 1 is 0.442 bits per heavy atom. The van der Waals surface area contributed by atoms with Crippen molar-refractivity contribution in [2.24, 2.45) is 0 Å². The van der Waals surface area contributed by atoms with Crippen LogP contribution in [0, 0.1) is 0 Å². The second-order valence-electron chi connectivity index (χ2n) is 13.0. The van der Waals surface area contributed by atoms with Crippen molar-refractivity contribution in [3.05, 3.63) is 191 Å². The number of benzene rings is 6. The van der Waals surface area contributed by atoms with Gasteiger partial charge in [-0.05, 0) is 44.8 Å². The summed E-state index contributed by atoms with van der Waals surface area (Å²) in [5.41, 5.74) is 12.3. The average molecular weight is 653 g/mol. The molecular weight excluding hydrogens is 622 g/mol. The fourth-order valence-electron chi connectivity index (χ4n) is 7.33. The number of hydrogen-bond donors (Lipinski definition) is 0. The van der Waals surface area contributed by atoms with Crippen molar-refractivity contribution in [3.63, 3.8) is 0 Å². The first-order valence-corrected chi connectivity index (χ1v) is 17.0. The van der Waals surface area contributed by atoms with Crippen LogP contribution < -0.4 is 37.7 Å². The zero-order valence-electron chi connectivity index (χ0n) is 29.1. The molecule has 0 spiro atoms. The standard InChI is InChI=1S/C46H30N4.2Li/c1-3-8-30(9-4-1)39-24-20-32-15-16-34-22-26-41(49-44(34)43(32)47-39)36-19-14-29-12-7-13-37(38(29)28-36)42-27-23-35-18-17-33-21-25-40(31-10-5-2-6-11-31)48-45(33)46(35)50-42;;/h1-28,41-42H;;/q-2;2*+1. The fraction of sp³-hybridized carbons (Fsp3) is 0.0435. The molecule has 2 aromatic heterocycles. The third-order valence-corrected chi connectivity index (χ3v) is 9.93. The summed E-state index contributed by atoms with van der Waals surface area (Å²) in [6.07, 6.45) is 8.80. The molecule has 6 heteroatoms. The fourth-order valence-corrected chi connectivity index (χ4v) is 7.33. The van der Waals surface area contributed by atoms with Gasteiger partial charge in [0.05, 0.1) is 22.4 Å².